The molecule has 31 heavy (non-hydrogen) atoms. The van der Waals surface area contributed by atoms with Crippen molar-refractivity contribution in [1.29, 1.82) is 0 Å². The average Bonchev–Trinajstić information content (AvgIpc) is 2.76. The minimum Gasteiger partial charge on any atom is -0.352 e. The van der Waals surface area contributed by atoms with Crippen LogP contribution < -0.4 is 5.32 Å². The molecule has 2 aromatic carbocycles. The van der Waals surface area contributed by atoms with E-state index in [9.17, 15) is 9.59 Å². The molecule has 0 saturated heterocycles. The van der Waals surface area contributed by atoms with Crippen LogP contribution in [0.2, 0.25) is 0 Å². The van der Waals surface area contributed by atoms with E-state index in [0.29, 0.717) is 18.7 Å². The van der Waals surface area contributed by atoms with E-state index in [1.54, 1.807) is 16.7 Å². The van der Waals surface area contributed by atoms with Gasteiger partial charge in [0.25, 0.3) is 0 Å². The molecule has 1 N–H and O–H groups in total. The summed E-state index contributed by atoms with van der Waals surface area (Å²) in [5.74, 6) is 1.08. The van der Waals surface area contributed by atoms with Gasteiger partial charge in [-0.05, 0) is 50.3 Å². The largest absolute Gasteiger partial charge is 0.352 e. The van der Waals surface area contributed by atoms with Crippen LogP contribution in [0, 0.1) is 13.8 Å². The first-order valence-corrected chi connectivity index (χ1v) is 12.3. The Bertz CT molecular complexity index is 851. The molecule has 168 valence electrons. The van der Waals surface area contributed by atoms with E-state index in [2.05, 4.69) is 24.4 Å². The molecule has 0 aliphatic heterocycles. The Kier molecular flexibility index (Phi) is 10.1. The van der Waals surface area contributed by atoms with Crippen molar-refractivity contribution in [2.24, 2.45) is 0 Å². The van der Waals surface area contributed by atoms with Crippen LogP contribution in [-0.4, -0.2) is 34.6 Å². The molecule has 0 saturated carbocycles. The maximum Gasteiger partial charge on any atom is 0.243 e. The summed E-state index contributed by atoms with van der Waals surface area (Å²) in [7, 11) is 0. The van der Waals surface area contributed by atoms with Crippen LogP contribution in [0.4, 0.5) is 0 Å². The number of nitrogens with one attached hydrogen (secondary N) is 1. The fourth-order valence-electron chi connectivity index (χ4n) is 3.35. The van der Waals surface area contributed by atoms with E-state index in [1.165, 1.54) is 16.7 Å². The number of hydrogen-bond donors (Lipinski definition) is 1. The van der Waals surface area contributed by atoms with Crippen molar-refractivity contribution < 1.29 is 9.59 Å². The van der Waals surface area contributed by atoms with Crippen molar-refractivity contribution in [1.82, 2.24) is 10.2 Å². The van der Waals surface area contributed by atoms with Gasteiger partial charge in [0.1, 0.15) is 6.04 Å². The summed E-state index contributed by atoms with van der Waals surface area (Å²) in [6.07, 6.45) is 1.45. The first-order chi connectivity index (χ1) is 14.8. The molecule has 0 heterocycles. The average molecular weight is 441 g/mol. The fraction of sp³-hybridized carbons (Fsp3) is 0.462. The van der Waals surface area contributed by atoms with Gasteiger partial charge in [0.2, 0.25) is 11.8 Å². The maximum atomic E-state index is 13.3. The first kappa shape index (κ1) is 25.0. The normalized spacial score (nSPS) is 12.8. The van der Waals surface area contributed by atoms with Crippen molar-refractivity contribution in [2.75, 3.05) is 5.75 Å². The molecule has 0 fully saturated rings. The molecule has 2 aromatic rings. The number of carbonyl (C=O) groups excluding carboxylic acids is 2. The van der Waals surface area contributed by atoms with Gasteiger partial charge in [-0.25, -0.2) is 0 Å². The lowest BCUT2D eigenvalue weighted by atomic mass is 10.1. The Hall–Kier alpha value is -2.27. The summed E-state index contributed by atoms with van der Waals surface area (Å²) < 4.78 is 0. The standard InChI is InChI=1S/C26H36N2O2S/c1-6-21(5)27-26(30)24(7-2)28(16-22-14-12-19(3)13-15-22)25(29)18-31-17-23-11-9-8-10-20(23)4/h8-15,21,24H,6-7,16-18H2,1-5H3,(H,27,30)/t21-,24-/m1/s1. The lowest BCUT2D eigenvalue weighted by Gasteiger charge is -2.31. The molecule has 0 aromatic heterocycles. The minimum atomic E-state index is -0.470. The second-order valence-electron chi connectivity index (χ2n) is 8.17. The number of benzene rings is 2. The van der Waals surface area contributed by atoms with Gasteiger partial charge >= 0.3 is 0 Å². The van der Waals surface area contributed by atoms with E-state index in [0.717, 1.165) is 17.7 Å². The Morgan fingerprint density at radius 2 is 1.68 bits per heavy atom. The predicted molar refractivity (Wildman–Crippen MR) is 131 cm³/mol. The highest BCUT2D eigenvalue weighted by Crippen LogP contribution is 2.19. The number of rotatable bonds is 11. The highest BCUT2D eigenvalue weighted by molar-refractivity contribution is 7.99. The second-order valence-corrected chi connectivity index (χ2v) is 9.15. The summed E-state index contributed by atoms with van der Waals surface area (Å²) in [4.78, 5) is 28.0. The highest BCUT2D eigenvalue weighted by atomic mass is 32.2. The topological polar surface area (TPSA) is 49.4 Å². The molecule has 0 spiro atoms. The Balaban J connectivity index is 2.14. The smallest absolute Gasteiger partial charge is 0.243 e. The zero-order valence-corrected chi connectivity index (χ0v) is 20.3. The molecular formula is C26H36N2O2S. The zero-order valence-electron chi connectivity index (χ0n) is 19.5. The van der Waals surface area contributed by atoms with Crippen LogP contribution in [0.25, 0.3) is 0 Å². The van der Waals surface area contributed by atoms with Crippen LogP contribution in [0.15, 0.2) is 48.5 Å². The Morgan fingerprint density at radius 1 is 1.00 bits per heavy atom. The van der Waals surface area contributed by atoms with Crippen molar-refractivity contribution >= 4 is 23.6 Å². The quantitative estimate of drug-likeness (QED) is 0.519. The van der Waals surface area contributed by atoms with Gasteiger partial charge in [-0.1, -0.05) is 67.9 Å². The molecule has 2 atom stereocenters. The summed E-state index contributed by atoms with van der Waals surface area (Å²) in [5, 5.41) is 3.06. The molecule has 5 heteroatoms. The summed E-state index contributed by atoms with van der Waals surface area (Å²) in [5.41, 5.74) is 4.69. The van der Waals surface area contributed by atoms with Gasteiger partial charge in [0.15, 0.2) is 0 Å². The van der Waals surface area contributed by atoms with Gasteiger partial charge in [-0.15, -0.1) is 11.8 Å². The van der Waals surface area contributed by atoms with Gasteiger partial charge < -0.3 is 10.2 Å². The van der Waals surface area contributed by atoms with Crippen molar-refractivity contribution in [3.63, 3.8) is 0 Å². The molecule has 0 radical (unpaired) electrons. The van der Waals surface area contributed by atoms with Crippen LogP contribution in [0.1, 0.15) is 55.9 Å². The van der Waals surface area contributed by atoms with Gasteiger partial charge in [0.05, 0.1) is 5.75 Å². The third-order valence-electron chi connectivity index (χ3n) is 5.60. The summed E-state index contributed by atoms with van der Waals surface area (Å²) >= 11 is 1.61. The molecule has 2 amide bonds. The van der Waals surface area contributed by atoms with Crippen LogP contribution >= 0.6 is 11.8 Å². The molecule has 0 unspecified atom stereocenters. The van der Waals surface area contributed by atoms with Crippen molar-refractivity contribution in [2.45, 2.75) is 71.8 Å². The number of nitrogens with zero attached hydrogens (tertiary/aromatic N) is 1. The number of aryl methyl sites for hydroxylation is 2. The first-order valence-electron chi connectivity index (χ1n) is 11.1. The Labute approximate surface area is 191 Å². The van der Waals surface area contributed by atoms with Crippen LogP contribution in [-0.2, 0) is 21.9 Å². The van der Waals surface area contributed by atoms with E-state index in [1.807, 2.05) is 64.1 Å². The molecule has 0 bridgehead atoms. The van der Waals surface area contributed by atoms with E-state index in [-0.39, 0.29) is 17.9 Å². The van der Waals surface area contributed by atoms with Gasteiger partial charge in [-0.3, -0.25) is 9.59 Å². The zero-order chi connectivity index (χ0) is 22.8. The van der Waals surface area contributed by atoms with Gasteiger partial charge in [-0.2, -0.15) is 0 Å². The number of carbonyl (C=O) groups is 2. The minimum absolute atomic E-state index is 0.00492. The van der Waals surface area contributed by atoms with Crippen LogP contribution in [0.3, 0.4) is 0 Å². The molecule has 4 nitrogen and oxygen atoms in total. The third kappa shape index (κ3) is 7.73. The number of amides is 2. The summed E-state index contributed by atoms with van der Waals surface area (Å²) in [6.45, 7) is 10.6. The lowest BCUT2D eigenvalue weighted by molar-refractivity contribution is -0.139. The van der Waals surface area contributed by atoms with Crippen LogP contribution in [0.5, 0.6) is 0 Å². The van der Waals surface area contributed by atoms with Crippen molar-refractivity contribution in [3.8, 4) is 0 Å². The second kappa shape index (κ2) is 12.6. The Morgan fingerprint density at radius 3 is 2.29 bits per heavy atom. The number of thioether (sulfide) groups is 1. The summed E-state index contributed by atoms with van der Waals surface area (Å²) in [6, 6.07) is 16.0. The monoisotopic (exact) mass is 440 g/mol. The highest BCUT2D eigenvalue weighted by Gasteiger charge is 2.29. The van der Waals surface area contributed by atoms with E-state index in [4.69, 9.17) is 0 Å². The van der Waals surface area contributed by atoms with Gasteiger partial charge in [0, 0.05) is 18.3 Å². The molecule has 0 aliphatic carbocycles. The maximum absolute atomic E-state index is 13.3. The molecule has 2 rings (SSSR count). The predicted octanol–water partition coefficient (Wildman–Crippen LogP) is 5.26. The lowest BCUT2D eigenvalue weighted by Crippen LogP contribution is -2.51. The van der Waals surface area contributed by atoms with E-state index < -0.39 is 6.04 Å². The third-order valence-corrected chi connectivity index (χ3v) is 6.57. The number of hydrogen-bond acceptors (Lipinski definition) is 3. The molecular weight excluding hydrogens is 404 g/mol. The fourth-order valence-corrected chi connectivity index (χ4v) is 4.34. The molecule has 0 aliphatic rings. The van der Waals surface area contributed by atoms with Crippen molar-refractivity contribution in [3.05, 3.63) is 70.8 Å². The van der Waals surface area contributed by atoms with E-state index >= 15 is 0 Å². The SMILES string of the molecule is CC[C@@H](C)NC(=O)[C@@H](CC)N(Cc1ccc(C)cc1)C(=O)CSCc1ccccc1C.